The number of unbranched alkanes of at least 4 members (excludes halogenated alkanes) is 2. The molecule has 0 aliphatic carbocycles. The van der Waals surface area contributed by atoms with E-state index >= 15 is 0 Å². The van der Waals surface area contributed by atoms with Crippen LogP contribution in [-0.4, -0.2) is 33.9 Å². The van der Waals surface area contributed by atoms with Crippen LogP contribution in [0.1, 0.15) is 39.5 Å². The molecule has 0 saturated heterocycles. The lowest BCUT2D eigenvalue weighted by Gasteiger charge is -2.39. The molecule has 102 valence electrons. The predicted octanol–water partition coefficient (Wildman–Crippen LogP) is 2.76. The van der Waals surface area contributed by atoms with Gasteiger partial charge in [0.1, 0.15) is 0 Å². The van der Waals surface area contributed by atoms with E-state index in [1.165, 1.54) is 0 Å². The van der Waals surface area contributed by atoms with E-state index in [9.17, 15) is 9.59 Å². The van der Waals surface area contributed by atoms with Crippen molar-refractivity contribution in [3.05, 3.63) is 0 Å². The van der Waals surface area contributed by atoms with Gasteiger partial charge in [-0.3, -0.25) is 9.44 Å². The van der Waals surface area contributed by atoms with Crippen molar-refractivity contribution in [3.8, 4) is 0 Å². The summed E-state index contributed by atoms with van der Waals surface area (Å²) < 4.78 is 4.80. The van der Waals surface area contributed by atoms with Crippen LogP contribution in [0.15, 0.2) is 0 Å². The summed E-state index contributed by atoms with van der Waals surface area (Å²) in [7, 11) is -2.02. The number of nitrogens with one attached hydrogen (secondary N) is 2. The molecule has 0 aliphatic heterocycles. The summed E-state index contributed by atoms with van der Waals surface area (Å²) in [5.41, 5.74) is 0. The summed E-state index contributed by atoms with van der Waals surface area (Å²) in [6, 6.07) is 0. The van der Waals surface area contributed by atoms with Crippen LogP contribution in [0, 0.1) is 0 Å². The van der Waals surface area contributed by atoms with Crippen molar-refractivity contribution in [1.82, 2.24) is 9.44 Å². The highest BCUT2D eigenvalue weighted by Crippen LogP contribution is 2.41. The quantitative estimate of drug-likeness (QED) is 0.543. The highest BCUT2D eigenvalue weighted by atomic mass is 32.3. The van der Waals surface area contributed by atoms with Gasteiger partial charge in [0.25, 0.3) is 0 Å². The van der Waals surface area contributed by atoms with Crippen molar-refractivity contribution in [2.45, 2.75) is 39.5 Å². The fraction of sp³-hybridized carbons (Fsp3) is 0.800. The second kappa shape index (κ2) is 8.05. The van der Waals surface area contributed by atoms with Crippen molar-refractivity contribution in [3.63, 3.8) is 0 Å². The van der Waals surface area contributed by atoms with E-state index in [1.807, 2.05) is 13.8 Å². The third kappa shape index (κ3) is 6.93. The molecule has 0 aliphatic rings. The Kier molecular flexibility index (Phi) is 7.53. The summed E-state index contributed by atoms with van der Waals surface area (Å²) in [5.74, 6) is 1.12. The van der Waals surface area contributed by atoms with Crippen LogP contribution in [0.5, 0.6) is 0 Å². The molecule has 17 heavy (non-hydrogen) atoms. The molecule has 0 aromatic rings. The Bertz CT molecular complexity index is 235. The van der Waals surface area contributed by atoms with Gasteiger partial charge in [-0.2, -0.15) is 0 Å². The monoisotopic (exact) mass is 266 g/mol. The minimum absolute atomic E-state index is 0.558. The molecule has 4 N–H and O–H groups in total. The first-order valence-electron chi connectivity index (χ1n) is 5.76. The minimum atomic E-state index is -2.02. The number of carbonyl (C=O) groups is 2. The average Bonchev–Trinajstić information content (AvgIpc) is 2.22. The van der Waals surface area contributed by atoms with E-state index in [-0.39, 0.29) is 0 Å². The molecule has 0 heterocycles. The molecule has 2 amide bonds. The fourth-order valence-electron chi connectivity index (χ4n) is 1.45. The molecular weight excluding hydrogens is 244 g/mol. The largest absolute Gasteiger partial charge is 0.464 e. The molecule has 0 aromatic heterocycles. The van der Waals surface area contributed by atoms with Crippen LogP contribution in [0.2, 0.25) is 0 Å². The Labute approximate surface area is 103 Å². The summed E-state index contributed by atoms with van der Waals surface area (Å²) in [5, 5.41) is 17.7. The molecule has 0 unspecified atom stereocenters. The zero-order chi connectivity index (χ0) is 13.3. The van der Waals surface area contributed by atoms with Gasteiger partial charge in [0.15, 0.2) is 0 Å². The van der Waals surface area contributed by atoms with Gasteiger partial charge in [-0.15, -0.1) is 0 Å². The van der Waals surface area contributed by atoms with Crippen LogP contribution in [0.3, 0.4) is 0 Å². The van der Waals surface area contributed by atoms with Gasteiger partial charge in [0.2, 0.25) is 0 Å². The summed E-state index contributed by atoms with van der Waals surface area (Å²) in [4.78, 5) is 21.6. The third-order valence-electron chi connectivity index (χ3n) is 2.26. The zero-order valence-electron chi connectivity index (χ0n) is 10.4. The van der Waals surface area contributed by atoms with Crippen LogP contribution < -0.4 is 9.44 Å². The molecule has 0 fully saturated rings. The van der Waals surface area contributed by atoms with E-state index in [0.29, 0.717) is 11.5 Å². The topological polar surface area (TPSA) is 98.7 Å². The zero-order valence-corrected chi connectivity index (χ0v) is 11.2. The van der Waals surface area contributed by atoms with Gasteiger partial charge in [0.05, 0.1) is 0 Å². The lowest BCUT2D eigenvalue weighted by Crippen LogP contribution is -2.42. The fourth-order valence-corrected chi connectivity index (χ4v) is 4.34. The minimum Gasteiger partial charge on any atom is -0.464 e. The van der Waals surface area contributed by atoms with E-state index in [0.717, 1.165) is 25.7 Å². The molecule has 0 spiro atoms. The molecule has 0 aromatic carbocycles. The lowest BCUT2D eigenvalue weighted by atomic mass is 10.4. The Balaban J connectivity index is 4.75. The van der Waals surface area contributed by atoms with Crippen molar-refractivity contribution >= 4 is 22.6 Å². The lowest BCUT2D eigenvalue weighted by molar-refractivity contribution is 0.200. The van der Waals surface area contributed by atoms with Crippen LogP contribution in [0.4, 0.5) is 9.59 Å². The van der Waals surface area contributed by atoms with Gasteiger partial charge >= 0.3 is 12.2 Å². The van der Waals surface area contributed by atoms with Gasteiger partial charge in [-0.25, -0.2) is 9.59 Å². The third-order valence-corrected chi connectivity index (χ3v) is 5.36. The first-order valence-corrected chi connectivity index (χ1v) is 7.73. The average molecular weight is 266 g/mol. The maximum atomic E-state index is 10.8. The van der Waals surface area contributed by atoms with E-state index in [4.69, 9.17) is 10.2 Å². The Morgan fingerprint density at radius 2 is 1.29 bits per heavy atom. The molecule has 0 atom stereocenters. The van der Waals surface area contributed by atoms with Crippen molar-refractivity contribution in [2.75, 3.05) is 11.5 Å². The second-order valence-electron chi connectivity index (χ2n) is 3.81. The number of carboxylic acid groups (broad SMARTS) is 2. The number of amides is 2. The maximum Gasteiger partial charge on any atom is 0.414 e. The molecule has 0 rings (SSSR count). The number of hydrogen-bond acceptors (Lipinski definition) is 2. The SMILES string of the molecule is CCCCS(CCCC)(NC(=O)O)NC(=O)O. The van der Waals surface area contributed by atoms with Gasteiger partial charge in [-0.05, 0) is 12.8 Å². The summed E-state index contributed by atoms with van der Waals surface area (Å²) >= 11 is 0. The van der Waals surface area contributed by atoms with Crippen molar-refractivity contribution < 1.29 is 19.8 Å². The molecule has 0 saturated carbocycles. The molecule has 0 bridgehead atoms. The summed E-state index contributed by atoms with van der Waals surface area (Å²) in [6.07, 6.45) is 1.09. The van der Waals surface area contributed by atoms with Crippen LogP contribution >= 0.6 is 10.4 Å². The number of hydrogen-bond donors (Lipinski definition) is 4. The van der Waals surface area contributed by atoms with Gasteiger partial charge < -0.3 is 10.2 Å². The Hall–Kier alpha value is -1.11. The smallest absolute Gasteiger partial charge is 0.414 e. The van der Waals surface area contributed by atoms with E-state index in [1.54, 1.807) is 0 Å². The van der Waals surface area contributed by atoms with Gasteiger partial charge in [0, 0.05) is 11.5 Å². The predicted molar refractivity (Wildman–Crippen MR) is 69.5 cm³/mol. The molecule has 7 heteroatoms. The Morgan fingerprint density at radius 3 is 1.53 bits per heavy atom. The first kappa shape index (κ1) is 15.9. The second-order valence-corrected chi connectivity index (χ2v) is 6.81. The number of rotatable bonds is 8. The highest BCUT2D eigenvalue weighted by molar-refractivity contribution is 8.31. The molecule has 0 radical (unpaired) electrons. The van der Waals surface area contributed by atoms with E-state index < -0.39 is 22.6 Å². The van der Waals surface area contributed by atoms with E-state index in [2.05, 4.69) is 9.44 Å². The summed E-state index contributed by atoms with van der Waals surface area (Å²) in [6.45, 7) is 3.98. The molecule has 6 nitrogen and oxygen atoms in total. The van der Waals surface area contributed by atoms with Crippen LogP contribution in [0.25, 0.3) is 0 Å². The normalized spacial score (nSPS) is 11.9. The van der Waals surface area contributed by atoms with Crippen molar-refractivity contribution in [1.29, 1.82) is 0 Å². The standard InChI is InChI=1S/C10H22N2O4S/c1-3-5-7-17(8-6-4-2,11-9(13)14)12-10(15)16/h11-12H,3-8H2,1-2H3,(H,13,14)(H,15,16). The van der Waals surface area contributed by atoms with Crippen LogP contribution in [-0.2, 0) is 0 Å². The molecular formula is C10H22N2O4S. The Morgan fingerprint density at radius 1 is 0.941 bits per heavy atom. The maximum absolute atomic E-state index is 10.8. The van der Waals surface area contributed by atoms with Gasteiger partial charge in [-0.1, -0.05) is 37.1 Å². The first-order chi connectivity index (χ1) is 7.95. The highest BCUT2D eigenvalue weighted by Gasteiger charge is 2.26. The van der Waals surface area contributed by atoms with Crippen molar-refractivity contribution in [2.24, 2.45) is 0 Å².